The fraction of sp³-hybridized carbons (Fsp3) is 0.588. The van der Waals surface area contributed by atoms with Crippen LogP contribution in [0.4, 0.5) is 0 Å². The molecule has 1 fully saturated rings. The number of hydrogen-bond donors (Lipinski definition) is 0. The van der Waals surface area contributed by atoms with E-state index >= 15 is 0 Å². The number of likely N-dealkylation sites (tertiary alicyclic amines) is 1. The Morgan fingerprint density at radius 1 is 1.29 bits per heavy atom. The molecule has 1 aromatic carbocycles. The molecule has 1 saturated heterocycles. The fourth-order valence-electron chi connectivity index (χ4n) is 2.82. The summed E-state index contributed by atoms with van der Waals surface area (Å²) in [6.07, 6.45) is 3.53. The summed E-state index contributed by atoms with van der Waals surface area (Å²) in [6, 6.07) is 8.06. The van der Waals surface area contributed by atoms with Crippen molar-refractivity contribution in [3.8, 4) is 5.75 Å². The number of hydrogen-bond acceptors (Lipinski definition) is 3. The molecule has 0 radical (unpaired) electrons. The summed E-state index contributed by atoms with van der Waals surface area (Å²) < 4.78 is 10.3. The molecular formula is C17H25NO3. The highest BCUT2D eigenvalue weighted by Gasteiger charge is 2.25. The van der Waals surface area contributed by atoms with Gasteiger partial charge >= 0.3 is 0 Å². The largest absolute Gasteiger partial charge is 0.497 e. The zero-order valence-electron chi connectivity index (χ0n) is 13.0. The smallest absolute Gasteiger partial charge is 0.222 e. The average molecular weight is 291 g/mol. The summed E-state index contributed by atoms with van der Waals surface area (Å²) in [4.78, 5) is 14.1. The lowest BCUT2D eigenvalue weighted by atomic mass is 10.1. The van der Waals surface area contributed by atoms with Gasteiger partial charge in [-0.05, 0) is 37.0 Å². The van der Waals surface area contributed by atoms with Gasteiger partial charge in [0.15, 0.2) is 0 Å². The molecule has 1 aliphatic rings. The van der Waals surface area contributed by atoms with Crippen LogP contribution in [-0.2, 0) is 16.0 Å². The van der Waals surface area contributed by atoms with Crippen LogP contribution in [0, 0.1) is 5.92 Å². The molecule has 0 saturated carbocycles. The van der Waals surface area contributed by atoms with Crippen LogP contribution in [0.1, 0.15) is 24.8 Å². The Balaban J connectivity index is 1.69. The lowest BCUT2D eigenvalue weighted by Gasteiger charge is -2.16. The highest BCUT2D eigenvalue weighted by molar-refractivity contribution is 5.76. The summed E-state index contributed by atoms with van der Waals surface area (Å²) in [5.41, 5.74) is 1.25. The minimum atomic E-state index is 0.280. The standard InChI is InChI=1S/C17H25NO3/c1-20-13-15-10-11-18(12-15)17(19)5-3-4-14-6-8-16(21-2)9-7-14/h6-9,15H,3-5,10-13H2,1-2H3. The monoisotopic (exact) mass is 291 g/mol. The molecule has 1 amide bonds. The topological polar surface area (TPSA) is 38.8 Å². The number of rotatable bonds is 7. The van der Waals surface area contributed by atoms with Gasteiger partial charge in [-0.25, -0.2) is 0 Å². The first-order valence-corrected chi connectivity index (χ1v) is 7.62. The van der Waals surface area contributed by atoms with Gasteiger partial charge in [-0.1, -0.05) is 12.1 Å². The van der Waals surface area contributed by atoms with E-state index in [4.69, 9.17) is 9.47 Å². The number of ether oxygens (including phenoxy) is 2. The van der Waals surface area contributed by atoms with Gasteiger partial charge in [0.25, 0.3) is 0 Å². The minimum Gasteiger partial charge on any atom is -0.497 e. The Hall–Kier alpha value is -1.55. The second-order valence-corrected chi connectivity index (χ2v) is 5.65. The zero-order valence-corrected chi connectivity index (χ0v) is 13.0. The molecule has 1 aliphatic heterocycles. The van der Waals surface area contributed by atoms with E-state index in [1.807, 2.05) is 17.0 Å². The van der Waals surface area contributed by atoms with Crippen LogP contribution in [0.15, 0.2) is 24.3 Å². The van der Waals surface area contributed by atoms with Crippen molar-refractivity contribution in [2.45, 2.75) is 25.7 Å². The first kappa shape index (κ1) is 15.8. The van der Waals surface area contributed by atoms with E-state index in [9.17, 15) is 4.79 Å². The SMILES string of the molecule is COCC1CCN(C(=O)CCCc2ccc(OC)cc2)C1. The van der Waals surface area contributed by atoms with Crippen LogP contribution in [0.25, 0.3) is 0 Å². The van der Waals surface area contributed by atoms with Crippen LogP contribution < -0.4 is 4.74 Å². The molecule has 0 aromatic heterocycles. The molecule has 0 aliphatic carbocycles. The van der Waals surface area contributed by atoms with Gasteiger partial charge in [-0.3, -0.25) is 4.79 Å². The molecule has 1 aromatic rings. The molecule has 0 bridgehead atoms. The van der Waals surface area contributed by atoms with Crippen LogP contribution in [0.2, 0.25) is 0 Å². The van der Waals surface area contributed by atoms with Gasteiger partial charge in [0.1, 0.15) is 5.75 Å². The number of carbonyl (C=O) groups is 1. The predicted molar refractivity (Wildman–Crippen MR) is 82.5 cm³/mol. The Kier molecular flexibility index (Phi) is 6.05. The molecule has 1 heterocycles. The molecule has 1 atom stereocenters. The normalized spacial score (nSPS) is 18.0. The van der Waals surface area contributed by atoms with E-state index in [2.05, 4.69) is 12.1 Å². The number of nitrogens with zero attached hydrogens (tertiary/aromatic N) is 1. The maximum atomic E-state index is 12.2. The zero-order chi connectivity index (χ0) is 15.1. The van der Waals surface area contributed by atoms with Gasteiger partial charge in [0, 0.05) is 32.5 Å². The molecule has 116 valence electrons. The number of amides is 1. The Bertz CT molecular complexity index is 444. The lowest BCUT2D eigenvalue weighted by Crippen LogP contribution is -2.29. The van der Waals surface area contributed by atoms with E-state index in [1.54, 1.807) is 14.2 Å². The fourth-order valence-corrected chi connectivity index (χ4v) is 2.82. The maximum absolute atomic E-state index is 12.2. The number of aryl methyl sites for hydroxylation is 1. The Morgan fingerprint density at radius 2 is 2.05 bits per heavy atom. The van der Waals surface area contributed by atoms with E-state index in [0.717, 1.165) is 44.7 Å². The number of benzene rings is 1. The van der Waals surface area contributed by atoms with Crippen molar-refractivity contribution in [3.63, 3.8) is 0 Å². The third-order valence-electron chi connectivity index (χ3n) is 4.06. The molecule has 4 heteroatoms. The van der Waals surface area contributed by atoms with Crippen LogP contribution >= 0.6 is 0 Å². The minimum absolute atomic E-state index is 0.280. The predicted octanol–water partition coefficient (Wildman–Crippen LogP) is 2.51. The quantitative estimate of drug-likeness (QED) is 0.775. The third-order valence-corrected chi connectivity index (χ3v) is 4.06. The summed E-state index contributed by atoms with van der Waals surface area (Å²) >= 11 is 0. The van der Waals surface area contributed by atoms with Crippen LogP contribution in [-0.4, -0.2) is 44.7 Å². The first-order chi connectivity index (χ1) is 10.2. The van der Waals surface area contributed by atoms with Gasteiger partial charge in [-0.15, -0.1) is 0 Å². The summed E-state index contributed by atoms with van der Waals surface area (Å²) in [7, 11) is 3.39. The molecule has 21 heavy (non-hydrogen) atoms. The molecule has 0 N–H and O–H groups in total. The highest BCUT2D eigenvalue weighted by Crippen LogP contribution is 2.18. The second kappa shape index (κ2) is 8.03. The Morgan fingerprint density at radius 3 is 2.71 bits per heavy atom. The van der Waals surface area contributed by atoms with Crippen molar-refractivity contribution in [2.75, 3.05) is 33.9 Å². The summed E-state index contributed by atoms with van der Waals surface area (Å²) in [5.74, 6) is 1.67. The lowest BCUT2D eigenvalue weighted by molar-refractivity contribution is -0.130. The first-order valence-electron chi connectivity index (χ1n) is 7.62. The van der Waals surface area contributed by atoms with E-state index in [-0.39, 0.29) is 5.91 Å². The van der Waals surface area contributed by atoms with Crippen molar-refractivity contribution >= 4 is 5.91 Å². The van der Waals surface area contributed by atoms with Crippen molar-refractivity contribution in [1.29, 1.82) is 0 Å². The molecule has 2 rings (SSSR count). The van der Waals surface area contributed by atoms with Gasteiger partial charge in [0.05, 0.1) is 13.7 Å². The maximum Gasteiger partial charge on any atom is 0.222 e. The van der Waals surface area contributed by atoms with Crippen molar-refractivity contribution < 1.29 is 14.3 Å². The van der Waals surface area contributed by atoms with Crippen molar-refractivity contribution in [1.82, 2.24) is 4.90 Å². The van der Waals surface area contributed by atoms with Crippen LogP contribution in [0.3, 0.4) is 0 Å². The molecule has 1 unspecified atom stereocenters. The van der Waals surface area contributed by atoms with Gasteiger partial charge in [-0.2, -0.15) is 0 Å². The van der Waals surface area contributed by atoms with Gasteiger partial charge < -0.3 is 14.4 Å². The van der Waals surface area contributed by atoms with Crippen LogP contribution in [0.5, 0.6) is 5.75 Å². The average Bonchev–Trinajstić information content (AvgIpc) is 2.97. The van der Waals surface area contributed by atoms with E-state index < -0.39 is 0 Å². The van der Waals surface area contributed by atoms with E-state index in [0.29, 0.717) is 12.3 Å². The number of carbonyl (C=O) groups excluding carboxylic acids is 1. The third kappa shape index (κ3) is 4.74. The van der Waals surface area contributed by atoms with Gasteiger partial charge in [0.2, 0.25) is 5.91 Å². The summed E-state index contributed by atoms with van der Waals surface area (Å²) in [5, 5.41) is 0. The highest BCUT2D eigenvalue weighted by atomic mass is 16.5. The molecule has 4 nitrogen and oxygen atoms in total. The van der Waals surface area contributed by atoms with Crippen molar-refractivity contribution in [2.24, 2.45) is 5.92 Å². The second-order valence-electron chi connectivity index (χ2n) is 5.65. The van der Waals surface area contributed by atoms with E-state index in [1.165, 1.54) is 5.56 Å². The summed E-state index contributed by atoms with van der Waals surface area (Å²) in [6.45, 7) is 2.50. The molecular weight excluding hydrogens is 266 g/mol. The Labute approximate surface area is 127 Å². The van der Waals surface area contributed by atoms with Crippen molar-refractivity contribution in [3.05, 3.63) is 29.8 Å². The molecule has 0 spiro atoms. The number of methoxy groups -OCH3 is 2.